The van der Waals surface area contributed by atoms with Gasteiger partial charge in [-0.25, -0.2) is 9.97 Å². The van der Waals surface area contributed by atoms with Crippen LogP contribution in [0.15, 0.2) is 24.1 Å². The van der Waals surface area contributed by atoms with Crippen molar-refractivity contribution in [1.29, 1.82) is 0 Å². The summed E-state index contributed by atoms with van der Waals surface area (Å²) in [7, 11) is 0. The van der Waals surface area contributed by atoms with Gasteiger partial charge in [-0.1, -0.05) is 20.8 Å². The molecule has 0 fully saturated rings. The number of hydrogen-bond donors (Lipinski definition) is 1. The first-order valence-electron chi connectivity index (χ1n) is 6.59. The molecule has 2 aromatic rings. The van der Waals surface area contributed by atoms with Gasteiger partial charge in [0, 0.05) is 35.7 Å². The van der Waals surface area contributed by atoms with E-state index in [1.54, 1.807) is 12.5 Å². The quantitative estimate of drug-likeness (QED) is 0.941. The topological polar surface area (TPSA) is 59.8 Å². The van der Waals surface area contributed by atoms with Crippen LogP contribution >= 0.6 is 11.3 Å². The third-order valence-corrected chi connectivity index (χ3v) is 3.79. The number of rotatable bonds is 4. The molecule has 1 N–H and O–H groups in total. The summed E-state index contributed by atoms with van der Waals surface area (Å²) >= 11 is 1.47. The number of aromatic nitrogens is 3. The third kappa shape index (κ3) is 3.66. The SMILES string of the molecule is CC(CC(=O)Nc1nc(C(C)(C)C)cs1)n1ccnc1. The second-order valence-corrected chi connectivity index (χ2v) is 6.76. The number of hydrogen-bond acceptors (Lipinski definition) is 4. The Kier molecular flexibility index (Phi) is 4.23. The predicted molar refractivity (Wildman–Crippen MR) is 81.0 cm³/mol. The van der Waals surface area contributed by atoms with E-state index in [4.69, 9.17) is 0 Å². The van der Waals surface area contributed by atoms with Gasteiger partial charge in [0.25, 0.3) is 0 Å². The number of carbonyl (C=O) groups excluding carboxylic acids is 1. The van der Waals surface area contributed by atoms with Crippen LogP contribution in [-0.4, -0.2) is 20.4 Å². The molecule has 1 unspecified atom stereocenters. The minimum absolute atomic E-state index is 0.00355. The molecule has 0 aliphatic heterocycles. The van der Waals surface area contributed by atoms with Crippen LogP contribution in [-0.2, 0) is 10.2 Å². The number of nitrogens with one attached hydrogen (secondary N) is 1. The number of carbonyl (C=O) groups is 1. The number of nitrogens with zero attached hydrogens (tertiary/aromatic N) is 3. The van der Waals surface area contributed by atoms with Crippen molar-refractivity contribution in [3.63, 3.8) is 0 Å². The zero-order valence-corrected chi connectivity index (χ0v) is 13.1. The standard InChI is InChI=1S/C14H20N4OS/c1-10(18-6-5-15-9-18)7-12(19)17-13-16-11(8-20-13)14(2,3)4/h5-6,8-10H,7H2,1-4H3,(H,16,17,19). The van der Waals surface area contributed by atoms with Gasteiger partial charge < -0.3 is 9.88 Å². The van der Waals surface area contributed by atoms with Gasteiger partial charge in [-0.3, -0.25) is 4.79 Å². The summed E-state index contributed by atoms with van der Waals surface area (Å²) in [5.41, 5.74) is 1.00. The van der Waals surface area contributed by atoms with Gasteiger partial charge in [0.1, 0.15) is 0 Å². The number of thiazole rings is 1. The van der Waals surface area contributed by atoms with E-state index in [1.165, 1.54) is 11.3 Å². The molecule has 20 heavy (non-hydrogen) atoms. The lowest BCUT2D eigenvalue weighted by Gasteiger charge is -2.14. The maximum absolute atomic E-state index is 12.0. The van der Waals surface area contributed by atoms with Gasteiger partial charge in [-0.15, -0.1) is 11.3 Å². The Morgan fingerprint density at radius 3 is 2.80 bits per heavy atom. The van der Waals surface area contributed by atoms with Gasteiger partial charge in [0.05, 0.1) is 12.0 Å². The molecule has 1 amide bonds. The second kappa shape index (κ2) is 5.75. The Balaban J connectivity index is 1.93. The first-order chi connectivity index (χ1) is 9.36. The van der Waals surface area contributed by atoms with E-state index in [-0.39, 0.29) is 17.4 Å². The van der Waals surface area contributed by atoms with Crippen LogP contribution in [0.1, 0.15) is 45.9 Å². The normalized spacial score (nSPS) is 13.2. The summed E-state index contributed by atoms with van der Waals surface area (Å²) in [4.78, 5) is 20.4. The van der Waals surface area contributed by atoms with Crippen molar-refractivity contribution in [2.24, 2.45) is 0 Å². The molecule has 5 nitrogen and oxygen atoms in total. The lowest BCUT2D eigenvalue weighted by Crippen LogP contribution is -2.17. The molecule has 108 valence electrons. The van der Waals surface area contributed by atoms with E-state index in [1.807, 2.05) is 23.1 Å². The number of amides is 1. The summed E-state index contributed by atoms with van der Waals surface area (Å²) in [5.74, 6) is -0.0268. The monoisotopic (exact) mass is 292 g/mol. The van der Waals surface area contributed by atoms with Gasteiger partial charge in [0.15, 0.2) is 5.13 Å². The average molecular weight is 292 g/mol. The Morgan fingerprint density at radius 2 is 2.25 bits per heavy atom. The van der Waals surface area contributed by atoms with Crippen LogP contribution < -0.4 is 5.32 Å². The molecule has 0 radical (unpaired) electrons. The largest absolute Gasteiger partial charge is 0.334 e. The van der Waals surface area contributed by atoms with Crippen LogP contribution in [0, 0.1) is 0 Å². The zero-order chi connectivity index (χ0) is 14.8. The highest BCUT2D eigenvalue weighted by Gasteiger charge is 2.18. The van der Waals surface area contributed by atoms with E-state index in [0.29, 0.717) is 11.6 Å². The van der Waals surface area contributed by atoms with Crippen LogP contribution in [0.5, 0.6) is 0 Å². The molecular formula is C14H20N4OS. The first kappa shape index (κ1) is 14.7. The van der Waals surface area contributed by atoms with Crippen molar-refractivity contribution in [2.45, 2.75) is 45.6 Å². The molecule has 0 aromatic carbocycles. The summed E-state index contributed by atoms with van der Waals surface area (Å²) in [6.07, 6.45) is 5.70. The highest BCUT2D eigenvalue weighted by Crippen LogP contribution is 2.26. The zero-order valence-electron chi connectivity index (χ0n) is 12.3. The maximum Gasteiger partial charge on any atom is 0.228 e. The van der Waals surface area contributed by atoms with Gasteiger partial charge in [-0.2, -0.15) is 0 Å². The number of anilines is 1. The predicted octanol–water partition coefficient (Wildman–Crippen LogP) is 3.23. The lowest BCUT2D eigenvalue weighted by atomic mass is 9.93. The van der Waals surface area contributed by atoms with E-state index in [9.17, 15) is 4.79 Å². The minimum Gasteiger partial charge on any atom is -0.334 e. The molecule has 0 bridgehead atoms. The van der Waals surface area contributed by atoms with Crippen LogP contribution in [0.25, 0.3) is 0 Å². The Labute approximate surface area is 123 Å². The molecule has 1 atom stereocenters. The van der Waals surface area contributed by atoms with E-state index < -0.39 is 0 Å². The molecular weight excluding hydrogens is 272 g/mol. The molecule has 0 spiro atoms. The molecule has 2 heterocycles. The number of imidazole rings is 1. The molecule has 0 aliphatic carbocycles. The van der Waals surface area contributed by atoms with Crippen LogP contribution in [0.4, 0.5) is 5.13 Å². The summed E-state index contributed by atoms with van der Waals surface area (Å²) < 4.78 is 1.92. The highest BCUT2D eigenvalue weighted by atomic mass is 32.1. The molecule has 6 heteroatoms. The Morgan fingerprint density at radius 1 is 1.50 bits per heavy atom. The fourth-order valence-corrected chi connectivity index (χ4v) is 2.70. The fraction of sp³-hybridized carbons (Fsp3) is 0.500. The average Bonchev–Trinajstić information content (AvgIpc) is 2.97. The van der Waals surface area contributed by atoms with Crippen molar-refractivity contribution in [3.05, 3.63) is 29.8 Å². The second-order valence-electron chi connectivity index (χ2n) is 5.90. The smallest absolute Gasteiger partial charge is 0.228 e. The van der Waals surface area contributed by atoms with Crippen molar-refractivity contribution in [3.8, 4) is 0 Å². The third-order valence-electron chi connectivity index (χ3n) is 3.03. The lowest BCUT2D eigenvalue weighted by molar-refractivity contribution is -0.116. The molecule has 0 aliphatic rings. The molecule has 2 aromatic heterocycles. The Bertz CT molecular complexity index is 568. The summed E-state index contributed by atoms with van der Waals surface area (Å²) in [6, 6.07) is 0.0829. The molecule has 0 saturated heterocycles. The van der Waals surface area contributed by atoms with Gasteiger partial charge in [-0.05, 0) is 6.92 Å². The van der Waals surface area contributed by atoms with Gasteiger partial charge >= 0.3 is 0 Å². The molecule has 0 saturated carbocycles. The maximum atomic E-state index is 12.0. The summed E-state index contributed by atoms with van der Waals surface area (Å²) in [5, 5.41) is 5.52. The van der Waals surface area contributed by atoms with Crippen molar-refractivity contribution >= 4 is 22.4 Å². The van der Waals surface area contributed by atoms with Crippen molar-refractivity contribution in [2.75, 3.05) is 5.32 Å². The van der Waals surface area contributed by atoms with Crippen LogP contribution in [0.2, 0.25) is 0 Å². The van der Waals surface area contributed by atoms with E-state index in [2.05, 4.69) is 36.1 Å². The van der Waals surface area contributed by atoms with Crippen LogP contribution in [0.3, 0.4) is 0 Å². The minimum atomic E-state index is -0.0268. The van der Waals surface area contributed by atoms with Crippen molar-refractivity contribution < 1.29 is 4.79 Å². The first-order valence-corrected chi connectivity index (χ1v) is 7.47. The summed E-state index contributed by atoms with van der Waals surface area (Å²) in [6.45, 7) is 8.31. The Hall–Kier alpha value is -1.69. The highest BCUT2D eigenvalue weighted by molar-refractivity contribution is 7.13. The van der Waals surface area contributed by atoms with E-state index in [0.717, 1.165) is 5.69 Å². The van der Waals surface area contributed by atoms with Crippen molar-refractivity contribution in [1.82, 2.24) is 14.5 Å². The van der Waals surface area contributed by atoms with Gasteiger partial charge in [0.2, 0.25) is 5.91 Å². The fourth-order valence-electron chi connectivity index (χ4n) is 1.75. The van der Waals surface area contributed by atoms with E-state index >= 15 is 0 Å². The molecule has 2 rings (SSSR count).